The highest BCUT2D eigenvalue weighted by molar-refractivity contribution is 5.66. The maximum atomic E-state index is 10.2. The summed E-state index contributed by atoms with van der Waals surface area (Å²) in [6, 6.07) is 8.26. The molecule has 1 heterocycles. The fourth-order valence-electron chi connectivity index (χ4n) is 2.22. The van der Waals surface area contributed by atoms with Crippen LogP contribution in [0.3, 0.4) is 0 Å². The predicted octanol–water partition coefficient (Wildman–Crippen LogP) is 3.54. The number of aromatic hydroxyl groups is 1. The van der Waals surface area contributed by atoms with Crippen LogP contribution in [0, 0.1) is 6.92 Å². The van der Waals surface area contributed by atoms with Crippen LogP contribution in [-0.4, -0.2) is 14.9 Å². The van der Waals surface area contributed by atoms with E-state index in [4.69, 9.17) is 0 Å². The van der Waals surface area contributed by atoms with E-state index < -0.39 is 0 Å². The number of nitrogens with zero attached hydrogens (tertiary/aromatic N) is 2. The number of aryl methyl sites for hydroxylation is 2. The fraction of sp³-hybridized carbons (Fsp3) is 0.400. The van der Waals surface area contributed by atoms with Crippen LogP contribution in [0.15, 0.2) is 24.3 Å². The van der Waals surface area contributed by atoms with E-state index in [1.54, 1.807) is 4.68 Å². The van der Waals surface area contributed by atoms with Gasteiger partial charge in [-0.3, -0.25) is 0 Å². The van der Waals surface area contributed by atoms with Crippen molar-refractivity contribution in [2.75, 3.05) is 0 Å². The number of benzene rings is 1. The average molecular weight is 244 g/mol. The Morgan fingerprint density at radius 1 is 1.28 bits per heavy atom. The summed E-state index contributed by atoms with van der Waals surface area (Å²) in [7, 11) is 0. The third-order valence-corrected chi connectivity index (χ3v) is 3.11. The van der Waals surface area contributed by atoms with Crippen LogP contribution in [0.25, 0.3) is 11.3 Å². The summed E-state index contributed by atoms with van der Waals surface area (Å²) in [5.74, 6) is 0.316. The van der Waals surface area contributed by atoms with Crippen molar-refractivity contribution in [1.82, 2.24) is 9.78 Å². The van der Waals surface area contributed by atoms with Crippen molar-refractivity contribution < 1.29 is 5.11 Å². The average Bonchev–Trinajstić information content (AvgIpc) is 2.67. The van der Waals surface area contributed by atoms with Crippen LogP contribution in [0.2, 0.25) is 0 Å². The van der Waals surface area contributed by atoms with Gasteiger partial charge in [0.2, 0.25) is 5.88 Å². The van der Waals surface area contributed by atoms with E-state index in [0.717, 1.165) is 29.7 Å². The van der Waals surface area contributed by atoms with Gasteiger partial charge in [0.05, 0.1) is 5.69 Å². The maximum Gasteiger partial charge on any atom is 0.213 e. The normalized spacial score (nSPS) is 10.8. The summed E-state index contributed by atoms with van der Waals surface area (Å²) < 4.78 is 1.67. The molecule has 2 rings (SSSR count). The van der Waals surface area contributed by atoms with Gasteiger partial charge in [-0.15, -0.1) is 0 Å². The Bertz CT molecular complexity index is 543. The van der Waals surface area contributed by atoms with Gasteiger partial charge in [0.1, 0.15) is 0 Å². The molecule has 2 aromatic rings. The van der Waals surface area contributed by atoms with Crippen LogP contribution >= 0.6 is 0 Å². The van der Waals surface area contributed by atoms with Gasteiger partial charge in [-0.25, -0.2) is 4.68 Å². The molecular formula is C15H20N2O. The van der Waals surface area contributed by atoms with Crippen LogP contribution in [0.1, 0.15) is 31.4 Å². The summed E-state index contributed by atoms with van der Waals surface area (Å²) in [4.78, 5) is 0. The highest BCUT2D eigenvalue weighted by Gasteiger charge is 2.17. The first-order valence-electron chi connectivity index (χ1n) is 6.53. The van der Waals surface area contributed by atoms with Crippen molar-refractivity contribution in [3.63, 3.8) is 0 Å². The summed E-state index contributed by atoms with van der Waals surface area (Å²) in [5.41, 5.74) is 4.17. The monoisotopic (exact) mass is 244 g/mol. The second-order valence-electron chi connectivity index (χ2n) is 4.59. The Morgan fingerprint density at radius 2 is 2.06 bits per heavy atom. The molecule has 0 saturated heterocycles. The molecule has 0 saturated carbocycles. The topological polar surface area (TPSA) is 38.0 Å². The largest absolute Gasteiger partial charge is 0.493 e. The van der Waals surface area contributed by atoms with E-state index in [2.05, 4.69) is 31.1 Å². The summed E-state index contributed by atoms with van der Waals surface area (Å²) in [6.45, 7) is 6.86. The number of rotatable bonds is 4. The molecule has 1 aromatic carbocycles. The Hall–Kier alpha value is -1.77. The molecule has 3 heteroatoms. The van der Waals surface area contributed by atoms with E-state index in [1.807, 2.05) is 19.1 Å². The maximum absolute atomic E-state index is 10.2. The molecule has 0 unspecified atom stereocenters. The first-order valence-corrected chi connectivity index (χ1v) is 6.53. The molecule has 0 aliphatic rings. The van der Waals surface area contributed by atoms with Crippen molar-refractivity contribution in [3.05, 3.63) is 35.4 Å². The van der Waals surface area contributed by atoms with E-state index in [1.165, 1.54) is 5.56 Å². The van der Waals surface area contributed by atoms with Crippen molar-refractivity contribution in [3.8, 4) is 17.1 Å². The molecule has 0 aliphatic carbocycles. The van der Waals surface area contributed by atoms with Gasteiger partial charge < -0.3 is 5.11 Å². The Balaban J connectivity index is 2.55. The number of hydrogen-bond donors (Lipinski definition) is 1. The lowest BCUT2D eigenvalue weighted by molar-refractivity contribution is 0.400. The third-order valence-electron chi connectivity index (χ3n) is 3.11. The van der Waals surface area contributed by atoms with Crippen LogP contribution in [-0.2, 0) is 13.0 Å². The van der Waals surface area contributed by atoms with Gasteiger partial charge >= 0.3 is 0 Å². The molecule has 1 N–H and O–H groups in total. The fourth-order valence-corrected chi connectivity index (χ4v) is 2.22. The second-order valence-corrected chi connectivity index (χ2v) is 4.59. The van der Waals surface area contributed by atoms with Gasteiger partial charge in [0.15, 0.2) is 0 Å². The summed E-state index contributed by atoms with van der Waals surface area (Å²) in [5, 5.41) is 14.7. The molecule has 0 atom stereocenters. The van der Waals surface area contributed by atoms with Crippen LogP contribution in [0.4, 0.5) is 0 Å². The van der Waals surface area contributed by atoms with E-state index in [-0.39, 0.29) is 0 Å². The first-order chi connectivity index (χ1) is 8.67. The lowest BCUT2D eigenvalue weighted by atomic mass is 10.0. The van der Waals surface area contributed by atoms with Crippen LogP contribution in [0.5, 0.6) is 5.88 Å². The minimum atomic E-state index is 0.316. The van der Waals surface area contributed by atoms with Gasteiger partial charge in [0, 0.05) is 17.7 Å². The zero-order valence-electron chi connectivity index (χ0n) is 11.3. The molecule has 1 aromatic heterocycles. The highest BCUT2D eigenvalue weighted by Crippen LogP contribution is 2.31. The van der Waals surface area contributed by atoms with Gasteiger partial charge in [-0.1, -0.05) is 37.1 Å². The summed E-state index contributed by atoms with van der Waals surface area (Å²) in [6.07, 6.45) is 1.86. The SMILES string of the molecule is CCCc1c(-c2cccc(C)c2)nn(CC)c1O. The Labute approximate surface area is 108 Å². The van der Waals surface area contributed by atoms with Crippen molar-refractivity contribution in [2.45, 2.75) is 40.2 Å². The van der Waals surface area contributed by atoms with Gasteiger partial charge in [-0.05, 0) is 26.3 Å². The predicted molar refractivity (Wildman–Crippen MR) is 73.7 cm³/mol. The van der Waals surface area contributed by atoms with Crippen molar-refractivity contribution in [2.24, 2.45) is 0 Å². The van der Waals surface area contributed by atoms with Crippen molar-refractivity contribution >= 4 is 0 Å². The van der Waals surface area contributed by atoms with Gasteiger partial charge in [0.25, 0.3) is 0 Å². The first kappa shape index (κ1) is 12.7. The molecule has 0 radical (unpaired) electrons. The van der Waals surface area contributed by atoms with Crippen molar-refractivity contribution in [1.29, 1.82) is 0 Å². The van der Waals surface area contributed by atoms with Crippen LogP contribution < -0.4 is 0 Å². The summed E-state index contributed by atoms with van der Waals surface area (Å²) >= 11 is 0. The van der Waals surface area contributed by atoms with E-state index in [0.29, 0.717) is 12.4 Å². The highest BCUT2D eigenvalue weighted by atomic mass is 16.3. The van der Waals surface area contributed by atoms with Gasteiger partial charge in [-0.2, -0.15) is 5.10 Å². The smallest absolute Gasteiger partial charge is 0.213 e. The zero-order chi connectivity index (χ0) is 13.1. The zero-order valence-corrected chi connectivity index (χ0v) is 11.3. The minimum Gasteiger partial charge on any atom is -0.493 e. The quantitative estimate of drug-likeness (QED) is 0.893. The standard InChI is InChI=1S/C15H20N2O/c1-4-7-13-14(16-17(5-2)15(13)18)12-9-6-8-11(3)10-12/h6,8-10,18H,4-5,7H2,1-3H3. The molecule has 0 spiro atoms. The third kappa shape index (κ3) is 2.26. The second kappa shape index (κ2) is 5.25. The Kier molecular flexibility index (Phi) is 3.70. The molecule has 0 amide bonds. The molecule has 3 nitrogen and oxygen atoms in total. The lowest BCUT2D eigenvalue weighted by Crippen LogP contribution is -1.95. The Morgan fingerprint density at radius 3 is 2.67 bits per heavy atom. The molecular weight excluding hydrogens is 224 g/mol. The minimum absolute atomic E-state index is 0.316. The number of hydrogen-bond acceptors (Lipinski definition) is 2. The molecule has 0 fully saturated rings. The van der Waals surface area contributed by atoms with E-state index in [9.17, 15) is 5.11 Å². The van der Waals surface area contributed by atoms with E-state index >= 15 is 0 Å². The molecule has 0 aliphatic heterocycles. The number of aromatic nitrogens is 2. The lowest BCUT2D eigenvalue weighted by Gasteiger charge is -2.02. The molecule has 18 heavy (non-hydrogen) atoms. The molecule has 0 bridgehead atoms. The molecule has 96 valence electrons.